The Kier molecular flexibility index (Phi) is 1.87. The maximum atomic E-state index is 9.60. The van der Waals surface area contributed by atoms with Crippen LogP contribution in [0.1, 0.15) is 26.7 Å². The maximum absolute atomic E-state index is 9.60. The molecule has 0 spiro atoms. The fraction of sp³-hybridized carbons (Fsp3) is 0.800. The molecule has 0 aromatic carbocycles. The van der Waals surface area contributed by atoms with Crippen LogP contribution in [-0.4, -0.2) is 11.4 Å². The molecule has 0 aromatic rings. The quantitative estimate of drug-likeness (QED) is 0.598. The summed E-state index contributed by atoms with van der Waals surface area (Å²) < 4.78 is 5.17. The molecule has 0 radical (unpaired) electrons. The number of fused-ring (bicyclic) bond motifs is 1. The van der Waals surface area contributed by atoms with E-state index in [1.807, 2.05) is 0 Å². The van der Waals surface area contributed by atoms with Crippen LogP contribution in [0.3, 0.4) is 0 Å². The van der Waals surface area contributed by atoms with Crippen LogP contribution >= 0.6 is 0 Å². The van der Waals surface area contributed by atoms with Crippen molar-refractivity contribution in [3.05, 3.63) is 11.8 Å². The summed E-state index contributed by atoms with van der Waals surface area (Å²) in [6.07, 6.45) is 3.61. The first-order valence-electron chi connectivity index (χ1n) is 4.70. The Labute approximate surface area is 73.2 Å². The second-order valence-electron chi connectivity index (χ2n) is 4.13. The van der Waals surface area contributed by atoms with Crippen LogP contribution in [0.15, 0.2) is 11.8 Å². The Morgan fingerprint density at radius 1 is 1.50 bits per heavy atom. The normalized spacial score (nSPS) is 46.4. The Morgan fingerprint density at radius 3 is 2.92 bits per heavy atom. The van der Waals surface area contributed by atoms with E-state index in [4.69, 9.17) is 4.74 Å². The largest absolute Gasteiger partial charge is 0.472 e. The minimum absolute atomic E-state index is 0.343. The van der Waals surface area contributed by atoms with E-state index >= 15 is 0 Å². The van der Waals surface area contributed by atoms with E-state index in [2.05, 4.69) is 13.8 Å². The van der Waals surface area contributed by atoms with Crippen molar-refractivity contribution in [1.82, 2.24) is 0 Å². The number of hydrogen-bond acceptors (Lipinski definition) is 2. The highest BCUT2D eigenvalue weighted by molar-refractivity contribution is 5.09. The van der Waals surface area contributed by atoms with Gasteiger partial charge in [0.2, 0.25) is 0 Å². The molecular weight excluding hydrogens is 152 g/mol. The van der Waals surface area contributed by atoms with Gasteiger partial charge in [0.1, 0.15) is 0 Å². The van der Waals surface area contributed by atoms with E-state index in [-0.39, 0.29) is 0 Å². The third kappa shape index (κ3) is 1.06. The SMILES string of the molecule is CC1=COC(O)[C@@H]2C(C)CC[C@H]12. The lowest BCUT2D eigenvalue weighted by Crippen LogP contribution is -2.32. The number of hydrogen-bond donors (Lipinski definition) is 1. The van der Waals surface area contributed by atoms with Crippen molar-refractivity contribution in [2.45, 2.75) is 33.0 Å². The Hall–Kier alpha value is -0.500. The summed E-state index contributed by atoms with van der Waals surface area (Å²) in [4.78, 5) is 0. The molecule has 0 aromatic heterocycles. The molecule has 2 nitrogen and oxygen atoms in total. The van der Waals surface area contributed by atoms with Gasteiger partial charge in [-0.2, -0.15) is 0 Å². The zero-order valence-corrected chi connectivity index (χ0v) is 7.66. The van der Waals surface area contributed by atoms with Gasteiger partial charge in [-0.05, 0) is 37.2 Å². The maximum Gasteiger partial charge on any atom is 0.200 e. The first-order valence-corrected chi connectivity index (χ1v) is 4.70. The predicted molar refractivity (Wildman–Crippen MR) is 46.2 cm³/mol. The molecule has 1 aliphatic heterocycles. The van der Waals surface area contributed by atoms with E-state index in [0.29, 0.717) is 17.8 Å². The number of ether oxygens (including phenoxy) is 1. The molecule has 1 saturated carbocycles. The molecular formula is C10H16O2. The predicted octanol–water partition coefficient (Wildman–Crippen LogP) is 1.90. The Balaban J connectivity index is 2.23. The Bertz CT molecular complexity index is 210. The van der Waals surface area contributed by atoms with Gasteiger partial charge in [0.05, 0.1) is 6.26 Å². The summed E-state index contributed by atoms with van der Waals surface area (Å²) >= 11 is 0. The molecule has 0 saturated heterocycles. The van der Waals surface area contributed by atoms with Gasteiger partial charge < -0.3 is 9.84 Å². The van der Waals surface area contributed by atoms with E-state index in [0.717, 1.165) is 0 Å². The average Bonchev–Trinajstić information content (AvgIpc) is 2.42. The number of allylic oxidation sites excluding steroid dienone is 1. The molecule has 12 heavy (non-hydrogen) atoms. The van der Waals surface area contributed by atoms with Crippen molar-refractivity contribution >= 4 is 0 Å². The smallest absolute Gasteiger partial charge is 0.200 e. The van der Waals surface area contributed by atoms with E-state index in [1.165, 1.54) is 18.4 Å². The summed E-state index contributed by atoms with van der Waals surface area (Å²) in [6, 6.07) is 0. The zero-order chi connectivity index (χ0) is 8.72. The van der Waals surface area contributed by atoms with E-state index in [9.17, 15) is 5.11 Å². The monoisotopic (exact) mass is 168 g/mol. The topological polar surface area (TPSA) is 29.5 Å². The Morgan fingerprint density at radius 2 is 2.25 bits per heavy atom. The fourth-order valence-electron chi connectivity index (χ4n) is 2.59. The summed E-state index contributed by atoms with van der Waals surface area (Å²) in [7, 11) is 0. The minimum atomic E-state index is -0.559. The van der Waals surface area contributed by atoms with Crippen LogP contribution in [0.25, 0.3) is 0 Å². The van der Waals surface area contributed by atoms with Crippen LogP contribution < -0.4 is 0 Å². The van der Waals surface area contributed by atoms with Gasteiger partial charge in [0, 0.05) is 5.92 Å². The van der Waals surface area contributed by atoms with Crippen LogP contribution in [0.2, 0.25) is 0 Å². The van der Waals surface area contributed by atoms with E-state index in [1.54, 1.807) is 6.26 Å². The van der Waals surface area contributed by atoms with Crippen LogP contribution in [-0.2, 0) is 4.74 Å². The summed E-state index contributed by atoms with van der Waals surface area (Å²) in [6.45, 7) is 4.30. The second kappa shape index (κ2) is 2.77. The highest BCUT2D eigenvalue weighted by atomic mass is 16.6. The molecule has 4 atom stereocenters. The number of aliphatic hydroxyl groups is 1. The molecule has 2 aliphatic rings. The summed E-state index contributed by atoms with van der Waals surface area (Å²) in [5, 5.41) is 9.60. The molecule has 0 bridgehead atoms. The third-order valence-electron chi connectivity index (χ3n) is 3.36. The van der Waals surface area contributed by atoms with Gasteiger partial charge in [-0.1, -0.05) is 6.92 Å². The lowest BCUT2D eigenvalue weighted by molar-refractivity contribution is -0.121. The number of rotatable bonds is 0. The van der Waals surface area contributed by atoms with Crippen molar-refractivity contribution in [2.75, 3.05) is 0 Å². The molecule has 1 fully saturated rings. The third-order valence-corrected chi connectivity index (χ3v) is 3.36. The van der Waals surface area contributed by atoms with Gasteiger partial charge >= 0.3 is 0 Å². The molecule has 1 heterocycles. The highest BCUT2D eigenvalue weighted by Crippen LogP contribution is 2.45. The minimum Gasteiger partial charge on any atom is -0.472 e. The average molecular weight is 168 g/mol. The lowest BCUT2D eigenvalue weighted by Gasteiger charge is -2.31. The van der Waals surface area contributed by atoms with Gasteiger partial charge in [-0.25, -0.2) is 0 Å². The van der Waals surface area contributed by atoms with Crippen LogP contribution in [0, 0.1) is 17.8 Å². The zero-order valence-electron chi connectivity index (χ0n) is 7.66. The molecule has 2 unspecified atom stereocenters. The standard InChI is InChI=1S/C10H16O2/c1-6-3-4-8-7(2)5-12-10(11)9(6)8/h5-6,8-11H,3-4H2,1-2H3/t6?,8-,9-,10?/m1/s1. The highest BCUT2D eigenvalue weighted by Gasteiger charge is 2.42. The first-order chi connectivity index (χ1) is 5.70. The molecule has 2 rings (SSSR count). The fourth-order valence-corrected chi connectivity index (χ4v) is 2.59. The van der Waals surface area contributed by atoms with Gasteiger partial charge in [0.25, 0.3) is 0 Å². The summed E-state index contributed by atoms with van der Waals surface area (Å²) in [5.41, 5.74) is 1.30. The van der Waals surface area contributed by atoms with Crippen molar-refractivity contribution in [3.8, 4) is 0 Å². The second-order valence-corrected chi connectivity index (χ2v) is 4.13. The molecule has 1 N–H and O–H groups in total. The van der Waals surface area contributed by atoms with Crippen LogP contribution in [0.5, 0.6) is 0 Å². The molecule has 0 amide bonds. The van der Waals surface area contributed by atoms with Crippen molar-refractivity contribution in [1.29, 1.82) is 0 Å². The number of aliphatic hydroxyl groups excluding tert-OH is 1. The molecule has 68 valence electrons. The molecule has 1 aliphatic carbocycles. The first kappa shape index (κ1) is 8.11. The van der Waals surface area contributed by atoms with Gasteiger partial charge in [-0.3, -0.25) is 0 Å². The van der Waals surface area contributed by atoms with E-state index < -0.39 is 6.29 Å². The van der Waals surface area contributed by atoms with Crippen LogP contribution in [0.4, 0.5) is 0 Å². The lowest BCUT2D eigenvalue weighted by atomic mass is 9.84. The van der Waals surface area contributed by atoms with Gasteiger partial charge in [0.15, 0.2) is 6.29 Å². The van der Waals surface area contributed by atoms with Gasteiger partial charge in [-0.15, -0.1) is 0 Å². The molecule has 2 heteroatoms. The van der Waals surface area contributed by atoms with Crippen molar-refractivity contribution in [3.63, 3.8) is 0 Å². The summed E-state index contributed by atoms with van der Waals surface area (Å²) in [5.74, 6) is 1.52. The van der Waals surface area contributed by atoms with Crippen molar-refractivity contribution < 1.29 is 9.84 Å². The van der Waals surface area contributed by atoms with Crippen molar-refractivity contribution in [2.24, 2.45) is 17.8 Å².